The summed E-state index contributed by atoms with van der Waals surface area (Å²) in [6.07, 6.45) is 1.76. The molecule has 0 bridgehead atoms. The Morgan fingerprint density at radius 2 is 2.38 bits per heavy atom. The van der Waals surface area contributed by atoms with E-state index >= 15 is 0 Å². The maximum atomic E-state index is 6.01. The van der Waals surface area contributed by atoms with Crippen molar-refractivity contribution in [1.29, 1.82) is 0 Å². The van der Waals surface area contributed by atoms with Gasteiger partial charge in [-0.1, -0.05) is 11.6 Å². The summed E-state index contributed by atoms with van der Waals surface area (Å²) >= 11 is 6.01. The van der Waals surface area contributed by atoms with Crippen LogP contribution >= 0.6 is 11.6 Å². The number of nitrogens with zero attached hydrogens (tertiary/aromatic N) is 2. The first-order chi connectivity index (χ1) is 6.33. The second-order valence-electron chi connectivity index (χ2n) is 2.82. The minimum absolute atomic E-state index is 0.570. The molecule has 2 aromatic rings. The molecule has 0 aliphatic rings. The van der Waals surface area contributed by atoms with Gasteiger partial charge in [0.1, 0.15) is 10.8 Å². The van der Waals surface area contributed by atoms with Gasteiger partial charge in [-0.2, -0.15) is 0 Å². The van der Waals surface area contributed by atoms with Crippen LogP contribution < -0.4 is 5.73 Å². The summed E-state index contributed by atoms with van der Waals surface area (Å²) in [4.78, 5) is 4.24. The highest BCUT2D eigenvalue weighted by molar-refractivity contribution is 6.30. The van der Waals surface area contributed by atoms with Gasteiger partial charge in [-0.3, -0.25) is 0 Å². The first kappa shape index (κ1) is 8.53. The van der Waals surface area contributed by atoms with Crippen LogP contribution in [0.5, 0.6) is 0 Å². The molecule has 13 heavy (non-hydrogen) atoms. The van der Waals surface area contributed by atoms with Crippen LogP contribution in [-0.2, 0) is 6.54 Å². The van der Waals surface area contributed by atoms with Crippen LogP contribution in [-0.4, -0.2) is 16.1 Å². The molecule has 2 N–H and O–H groups in total. The van der Waals surface area contributed by atoms with Crippen LogP contribution in [0.2, 0.25) is 5.15 Å². The first-order valence-corrected chi connectivity index (χ1v) is 4.50. The van der Waals surface area contributed by atoms with Crippen LogP contribution in [0.1, 0.15) is 0 Å². The first-order valence-electron chi connectivity index (χ1n) is 4.13. The van der Waals surface area contributed by atoms with Gasteiger partial charge >= 0.3 is 0 Å². The summed E-state index contributed by atoms with van der Waals surface area (Å²) < 4.78 is 1.91. The van der Waals surface area contributed by atoms with E-state index in [0.717, 1.165) is 11.0 Å². The van der Waals surface area contributed by atoms with Gasteiger partial charge in [0.05, 0.1) is 0 Å². The predicted octanol–water partition coefficient (Wildman–Crippen LogP) is 1.65. The summed E-state index contributed by atoms with van der Waals surface area (Å²) in [6, 6.07) is 5.78. The van der Waals surface area contributed by atoms with Crippen molar-refractivity contribution in [2.75, 3.05) is 6.54 Å². The van der Waals surface area contributed by atoms with Gasteiger partial charge in [-0.25, -0.2) is 4.98 Å². The predicted molar refractivity (Wildman–Crippen MR) is 53.8 cm³/mol. The van der Waals surface area contributed by atoms with Crippen LogP contribution in [0.4, 0.5) is 0 Å². The molecule has 3 nitrogen and oxygen atoms in total. The number of hydrogen-bond acceptors (Lipinski definition) is 2. The zero-order chi connectivity index (χ0) is 9.26. The zero-order valence-electron chi connectivity index (χ0n) is 7.07. The highest BCUT2D eigenvalue weighted by Gasteiger charge is 2.05. The van der Waals surface area contributed by atoms with Crippen molar-refractivity contribution < 1.29 is 0 Å². The Morgan fingerprint density at radius 3 is 3.15 bits per heavy atom. The molecule has 0 saturated heterocycles. The fourth-order valence-corrected chi connectivity index (χ4v) is 1.68. The maximum Gasteiger partial charge on any atom is 0.141 e. The van der Waals surface area contributed by atoms with E-state index in [1.165, 1.54) is 0 Å². The zero-order valence-corrected chi connectivity index (χ0v) is 7.83. The number of fused-ring (bicyclic) bond motifs is 1. The Kier molecular flexibility index (Phi) is 2.20. The fourth-order valence-electron chi connectivity index (χ4n) is 1.40. The van der Waals surface area contributed by atoms with E-state index < -0.39 is 0 Å². The van der Waals surface area contributed by atoms with Gasteiger partial charge in [-0.15, -0.1) is 0 Å². The average molecular weight is 196 g/mol. The second kappa shape index (κ2) is 3.36. The van der Waals surface area contributed by atoms with E-state index in [1.807, 2.05) is 22.8 Å². The number of halogens is 1. The molecule has 0 spiro atoms. The largest absolute Gasteiger partial charge is 0.329 e. The van der Waals surface area contributed by atoms with E-state index in [2.05, 4.69) is 4.98 Å². The van der Waals surface area contributed by atoms with Gasteiger partial charge in [0, 0.05) is 24.7 Å². The molecule has 68 valence electrons. The summed E-state index contributed by atoms with van der Waals surface area (Å²) in [6.45, 7) is 1.28. The number of hydrogen-bond donors (Lipinski definition) is 1. The number of pyridine rings is 1. The quantitative estimate of drug-likeness (QED) is 0.792. The van der Waals surface area contributed by atoms with Crippen LogP contribution in [0, 0.1) is 0 Å². The molecule has 0 radical (unpaired) electrons. The molecule has 2 rings (SSSR count). The molecule has 0 unspecified atom stereocenters. The summed E-state index contributed by atoms with van der Waals surface area (Å²) in [5.74, 6) is 0. The van der Waals surface area contributed by atoms with E-state index in [4.69, 9.17) is 17.3 Å². The minimum Gasteiger partial charge on any atom is -0.329 e. The topological polar surface area (TPSA) is 43.8 Å². The lowest BCUT2D eigenvalue weighted by Crippen LogP contribution is -2.09. The molecule has 0 aromatic carbocycles. The minimum atomic E-state index is 0.570. The standard InChI is InChI=1S/C9H10ClN3/c10-8-6-7-2-1-4-12-9(7)13(8)5-3-11/h1-2,4,6H,3,5,11H2. The van der Waals surface area contributed by atoms with Crippen molar-refractivity contribution >= 4 is 22.6 Å². The molecule has 0 atom stereocenters. The average Bonchev–Trinajstić information content (AvgIpc) is 2.44. The Bertz CT molecular complexity index is 422. The lowest BCUT2D eigenvalue weighted by atomic mass is 10.3. The van der Waals surface area contributed by atoms with E-state index in [0.29, 0.717) is 18.2 Å². The lowest BCUT2D eigenvalue weighted by molar-refractivity contribution is 0.729. The van der Waals surface area contributed by atoms with Crippen molar-refractivity contribution in [2.24, 2.45) is 5.73 Å². The van der Waals surface area contributed by atoms with E-state index in [1.54, 1.807) is 6.20 Å². The Labute approximate surface area is 81.1 Å². The summed E-state index contributed by atoms with van der Waals surface area (Å²) in [5.41, 5.74) is 6.37. The molecule has 4 heteroatoms. The van der Waals surface area contributed by atoms with Crippen molar-refractivity contribution in [3.05, 3.63) is 29.5 Å². The van der Waals surface area contributed by atoms with Crippen molar-refractivity contribution in [3.63, 3.8) is 0 Å². The van der Waals surface area contributed by atoms with Gasteiger partial charge in [-0.05, 0) is 18.2 Å². The molecule has 2 aromatic heterocycles. The monoisotopic (exact) mass is 195 g/mol. The lowest BCUT2D eigenvalue weighted by Gasteiger charge is -2.02. The smallest absolute Gasteiger partial charge is 0.141 e. The molecule has 0 aliphatic carbocycles. The van der Waals surface area contributed by atoms with Crippen LogP contribution in [0.25, 0.3) is 11.0 Å². The third-order valence-corrected chi connectivity index (χ3v) is 2.27. The van der Waals surface area contributed by atoms with Crippen LogP contribution in [0.3, 0.4) is 0 Å². The Morgan fingerprint density at radius 1 is 1.54 bits per heavy atom. The Hall–Kier alpha value is -1.06. The highest BCUT2D eigenvalue weighted by Crippen LogP contribution is 2.20. The van der Waals surface area contributed by atoms with Gasteiger partial charge in [0.2, 0.25) is 0 Å². The molecule has 0 amide bonds. The third-order valence-electron chi connectivity index (χ3n) is 1.96. The molecule has 0 aliphatic heterocycles. The van der Waals surface area contributed by atoms with Crippen molar-refractivity contribution in [1.82, 2.24) is 9.55 Å². The van der Waals surface area contributed by atoms with Gasteiger partial charge < -0.3 is 10.3 Å². The molecular formula is C9H10ClN3. The molecular weight excluding hydrogens is 186 g/mol. The second-order valence-corrected chi connectivity index (χ2v) is 3.21. The Balaban J connectivity index is 2.64. The number of aromatic nitrogens is 2. The molecule has 0 fully saturated rings. The van der Waals surface area contributed by atoms with Gasteiger partial charge in [0.15, 0.2) is 0 Å². The summed E-state index contributed by atoms with van der Waals surface area (Å²) in [7, 11) is 0. The number of rotatable bonds is 2. The summed E-state index contributed by atoms with van der Waals surface area (Å²) in [5, 5.41) is 1.75. The fraction of sp³-hybridized carbons (Fsp3) is 0.222. The van der Waals surface area contributed by atoms with Crippen molar-refractivity contribution in [2.45, 2.75) is 6.54 Å². The SMILES string of the molecule is NCCn1c(Cl)cc2cccnc21. The van der Waals surface area contributed by atoms with E-state index in [9.17, 15) is 0 Å². The maximum absolute atomic E-state index is 6.01. The van der Waals surface area contributed by atoms with Crippen molar-refractivity contribution in [3.8, 4) is 0 Å². The van der Waals surface area contributed by atoms with E-state index in [-0.39, 0.29) is 0 Å². The third kappa shape index (κ3) is 1.41. The van der Waals surface area contributed by atoms with Gasteiger partial charge in [0.25, 0.3) is 0 Å². The number of nitrogens with two attached hydrogens (primary N) is 1. The molecule has 2 heterocycles. The highest BCUT2D eigenvalue weighted by atomic mass is 35.5. The normalized spacial score (nSPS) is 10.9. The van der Waals surface area contributed by atoms with Crippen LogP contribution in [0.15, 0.2) is 24.4 Å². The molecule has 0 saturated carbocycles.